The van der Waals surface area contributed by atoms with Gasteiger partial charge in [-0.3, -0.25) is 0 Å². The highest BCUT2D eigenvalue weighted by Crippen LogP contribution is 2.31. The van der Waals surface area contributed by atoms with Crippen LogP contribution in [0, 0.1) is 14.9 Å². The molecule has 84 valence electrons. The summed E-state index contributed by atoms with van der Waals surface area (Å²) in [7, 11) is 0. The first-order valence-corrected chi connectivity index (χ1v) is 6.70. The van der Waals surface area contributed by atoms with Crippen molar-refractivity contribution in [2.75, 3.05) is 0 Å². The summed E-state index contributed by atoms with van der Waals surface area (Å²) in [6, 6.07) is 15.3. The van der Waals surface area contributed by atoms with Crippen molar-refractivity contribution in [3.8, 4) is 17.6 Å². The van der Waals surface area contributed by atoms with Gasteiger partial charge in [-0.2, -0.15) is 5.26 Å². The molecule has 2 rings (SSSR count). The number of rotatable bonds is 2. The SMILES string of the molecule is N#Cc1c(Br)cccc1Oc1ccccc1I. The molecule has 0 aliphatic rings. The van der Waals surface area contributed by atoms with E-state index in [0.29, 0.717) is 11.3 Å². The average Bonchev–Trinajstić information content (AvgIpc) is 2.32. The average molecular weight is 400 g/mol. The number of nitrogens with zero attached hydrogens (tertiary/aromatic N) is 1. The Bertz CT molecular complexity index is 592. The highest BCUT2D eigenvalue weighted by atomic mass is 127. The summed E-state index contributed by atoms with van der Waals surface area (Å²) in [5.74, 6) is 1.31. The monoisotopic (exact) mass is 399 g/mol. The van der Waals surface area contributed by atoms with E-state index in [1.165, 1.54) is 0 Å². The third kappa shape index (κ3) is 2.79. The van der Waals surface area contributed by atoms with Crippen molar-refractivity contribution in [2.24, 2.45) is 0 Å². The lowest BCUT2D eigenvalue weighted by atomic mass is 10.2. The van der Waals surface area contributed by atoms with Gasteiger partial charge in [-0.25, -0.2) is 0 Å². The van der Waals surface area contributed by atoms with Crippen LogP contribution in [0.1, 0.15) is 5.56 Å². The molecular formula is C13H7BrINO. The van der Waals surface area contributed by atoms with Gasteiger partial charge in [0.25, 0.3) is 0 Å². The van der Waals surface area contributed by atoms with Crippen molar-refractivity contribution in [1.82, 2.24) is 0 Å². The van der Waals surface area contributed by atoms with E-state index in [2.05, 4.69) is 44.6 Å². The van der Waals surface area contributed by atoms with Crippen molar-refractivity contribution in [3.05, 3.63) is 56.1 Å². The topological polar surface area (TPSA) is 33.0 Å². The zero-order valence-electron chi connectivity index (χ0n) is 8.65. The molecule has 0 bridgehead atoms. The summed E-state index contributed by atoms with van der Waals surface area (Å²) in [5.41, 5.74) is 0.507. The molecule has 0 unspecified atom stereocenters. The van der Waals surface area contributed by atoms with Crippen LogP contribution in [0.2, 0.25) is 0 Å². The van der Waals surface area contributed by atoms with Gasteiger partial charge in [0.2, 0.25) is 0 Å². The minimum Gasteiger partial charge on any atom is -0.455 e. The van der Waals surface area contributed by atoms with Crippen LogP contribution in [0.5, 0.6) is 11.5 Å². The molecule has 2 aromatic rings. The number of para-hydroxylation sites is 1. The molecule has 2 aromatic carbocycles. The predicted octanol–water partition coefficient (Wildman–Crippen LogP) is 4.72. The van der Waals surface area contributed by atoms with Gasteiger partial charge in [0, 0.05) is 4.47 Å². The normalized spacial score (nSPS) is 9.71. The van der Waals surface area contributed by atoms with Gasteiger partial charge in [-0.1, -0.05) is 18.2 Å². The number of benzene rings is 2. The van der Waals surface area contributed by atoms with Crippen molar-refractivity contribution in [1.29, 1.82) is 5.26 Å². The Morgan fingerprint density at radius 1 is 1.06 bits per heavy atom. The van der Waals surface area contributed by atoms with Crippen molar-refractivity contribution < 1.29 is 4.74 Å². The molecule has 0 spiro atoms. The summed E-state index contributed by atoms with van der Waals surface area (Å²) < 4.78 is 7.50. The van der Waals surface area contributed by atoms with E-state index in [4.69, 9.17) is 10.00 Å². The number of hydrogen-bond donors (Lipinski definition) is 0. The Balaban J connectivity index is 2.41. The molecule has 0 aliphatic heterocycles. The summed E-state index contributed by atoms with van der Waals surface area (Å²) in [4.78, 5) is 0. The van der Waals surface area contributed by atoms with Crippen LogP contribution < -0.4 is 4.74 Å². The van der Waals surface area contributed by atoms with Gasteiger partial charge in [0.15, 0.2) is 0 Å². The molecular weight excluding hydrogens is 393 g/mol. The molecule has 0 saturated carbocycles. The smallest absolute Gasteiger partial charge is 0.146 e. The molecule has 0 saturated heterocycles. The Hall–Kier alpha value is -1.06. The molecule has 0 N–H and O–H groups in total. The van der Waals surface area contributed by atoms with Gasteiger partial charge < -0.3 is 4.74 Å². The lowest BCUT2D eigenvalue weighted by Gasteiger charge is -2.09. The van der Waals surface area contributed by atoms with E-state index >= 15 is 0 Å². The fourth-order valence-electron chi connectivity index (χ4n) is 1.34. The lowest BCUT2D eigenvalue weighted by molar-refractivity contribution is 0.477. The molecule has 17 heavy (non-hydrogen) atoms. The second-order valence-corrected chi connectivity index (χ2v) is 5.27. The number of halogens is 2. The van der Waals surface area contributed by atoms with Crippen LogP contribution in [0.15, 0.2) is 46.9 Å². The molecule has 0 fully saturated rings. The highest BCUT2D eigenvalue weighted by molar-refractivity contribution is 14.1. The number of nitriles is 1. The Labute approximate surface area is 121 Å². The van der Waals surface area contributed by atoms with E-state index in [9.17, 15) is 0 Å². The third-order valence-electron chi connectivity index (χ3n) is 2.14. The van der Waals surface area contributed by atoms with Crippen LogP contribution in [-0.4, -0.2) is 0 Å². The maximum atomic E-state index is 9.08. The second kappa shape index (κ2) is 5.52. The Morgan fingerprint density at radius 3 is 2.47 bits per heavy atom. The summed E-state index contributed by atoms with van der Waals surface area (Å²) in [5, 5.41) is 9.08. The fourth-order valence-corrected chi connectivity index (χ4v) is 2.28. The van der Waals surface area contributed by atoms with Crippen LogP contribution >= 0.6 is 38.5 Å². The zero-order chi connectivity index (χ0) is 12.3. The van der Waals surface area contributed by atoms with Gasteiger partial charge in [0.05, 0.1) is 3.57 Å². The molecule has 0 aromatic heterocycles. The first-order chi connectivity index (χ1) is 8.22. The van der Waals surface area contributed by atoms with Crippen LogP contribution in [-0.2, 0) is 0 Å². The lowest BCUT2D eigenvalue weighted by Crippen LogP contribution is -1.90. The molecule has 2 nitrogen and oxygen atoms in total. The predicted molar refractivity (Wildman–Crippen MR) is 78.1 cm³/mol. The van der Waals surface area contributed by atoms with E-state index in [0.717, 1.165) is 13.8 Å². The van der Waals surface area contributed by atoms with Gasteiger partial charge in [-0.05, 0) is 62.8 Å². The first kappa shape index (κ1) is 12.4. The molecule has 0 heterocycles. The quantitative estimate of drug-likeness (QED) is 0.684. The molecule has 0 aliphatic carbocycles. The van der Waals surface area contributed by atoms with Crippen molar-refractivity contribution in [2.45, 2.75) is 0 Å². The van der Waals surface area contributed by atoms with Crippen LogP contribution in [0.3, 0.4) is 0 Å². The molecule has 0 amide bonds. The Kier molecular flexibility index (Phi) is 4.02. The van der Waals surface area contributed by atoms with Crippen molar-refractivity contribution >= 4 is 38.5 Å². The molecule has 0 atom stereocenters. The minimum absolute atomic E-state index is 0.507. The van der Waals surface area contributed by atoms with Gasteiger partial charge in [-0.15, -0.1) is 0 Å². The van der Waals surface area contributed by atoms with Crippen LogP contribution in [0.25, 0.3) is 0 Å². The maximum Gasteiger partial charge on any atom is 0.146 e. The molecule has 0 radical (unpaired) electrons. The van der Waals surface area contributed by atoms with Crippen LogP contribution in [0.4, 0.5) is 0 Å². The van der Waals surface area contributed by atoms with Crippen molar-refractivity contribution in [3.63, 3.8) is 0 Å². The summed E-state index contributed by atoms with van der Waals surface area (Å²) in [6.07, 6.45) is 0. The summed E-state index contributed by atoms with van der Waals surface area (Å²) >= 11 is 5.53. The minimum atomic E-state index is 0.507. The number of ether oxygens (including phenoxy) is 1. The second-order valence-electron chi connectivity index (χ2n) is 3.26. The fraction of sp³-hybridized carbons (Fsp3) is 0. The summed E-state index contributed by atoms with van der Waals surface area (Å²) in [6.45, 7) is 0. The van der Waals surface area contributed by atoms with E-state index in [1.807, 2.05) is 36.4 Å². The Morgan fingerprint density at radius 2 is 1.76 bits per heavy atom. The standard InChI is InChI=1S/C13H7BrINO/c14-10-4-3-7-12(9(10)8-16)17-13-6-2-1-5-11(13)15/h1-7H. The van der Waals surface area contributed by atoms with Gasteiger partial charge >= 0.3 is 0 Å². The van der Waals surface area contributed by atoms with E-state index < -0.39 is 0 Å². The third-order valence-corrected chi connectivity index (χ3v) is 3.70. The maximum absolute atomic E-state index is 9.08. The first-order valence-electron chi connectivity index (χ1n) is 4.83. The number of hydrogen-bond acceptors (Lipinski definition) is 2. The largest absolute Gasteiger partial charge is 0.455 e. The zero-order valence-corrected chi connectivity index (χ0v) is 12.4. The highest BCUT2D eigenvalue weighted by Gasteiger charge is 2.09. The van der Waals surface area contributed by atoms with E-state index in [-0.39, 0.29) is 0 Å². The molecule has 4 heteroatoms. The van der Waals surface area contributed by atoms with E-state index in [1.54, 1.807) is 6.07 Å². The van der Waals surface area contributed by atoms with Gasteiger partial charge in [0.1, 0.15) is 23.1 Å².